The van der Waals surface area contributed by atoms with E-state index in [0.717, 1.165) is 13.2 Å². The number of phenols is 2. The summed E-state index contributed by atoms with van der Waals surface area (Å²) < 4.78 is 23.7. The number of aliphatic hydroxyl groups is 4. The Balaban J connectivity index is 1.65. The van der Waals surface area contributed by atoms with Crippen molar-refractivity contribution < 1.29 is 54.1 Å². The molecule has 2 heterocycles. The van der Waals surface area contributed by atoms with E-state index in [1.54, 1.807) is 39.0 Å². The first kappa shape index (κ1) is 30.8. The fourth-order valence-corrected chi connectivity index (χ4v) is 7.07. The molecule has 0 amide bonds. The highest BCUT2D eigenvalue weighted by molar-refractivity contribution is 6.11. The van der Waals surface area contributed by atoms with Crippen molar-refractivity contribution in [3.63, 3.8) is 0 Å². The molecule has 0 saturated carbocycles. The smallest absolute Gasteiger partial charge is 0.343 e. The number of ether oxygens (including phenoxy) is 3. The molecule has 12 heteroatoms. The maximum Gasteiger partial charge on any atom is 0.343 e. The highest BCUT2D eigenvalue weighted by atomic mass is 16.5. The predicted octanol–water partition coefficient (Wildman–Crippen LogP) is 3.65. The van der Waals surface area contributed by atoms with Gasteiger partial charge >= 0.3 is 5.97 Å². The topological polar surface area (TPSA) is 196 Å². The van der Waals surface area contributed by atoms with Crippen molar-refractivity contribution in [2.24, 2.45) is 5.92 Å². The van der Waals surface area contributed by atoms with Gasteiger partial charge in [0.05, 0.1) is 49.1 Å². The van der Waals surface area contributed by atoms with Crippen molar-refractivity contribution in [1.29, 1.82) is 0 Å². The summed E-state index contributed by atoms with van der Waals surface area (Å²) in [5.74, 6) is -3.31. The fourth-order valence-electron chi connectivity index (χ4n) is 7.07. The lowest BCUT2D eigenvalue weighted by molar-refractivity contribution is -0.171. The average molecular weight is 645 g/mol. The first-order valence-corrected chi connectivity index (χ1v) is 14.9. The number of fused-ring (bicyclic) bond motifs is 6. The Morgan fingerprint density at radius 1 is 1.09 bits per heavy atom. The SMILES string of the molecule is COC(=O)[C@@]1(O)c2c(oc3cc(CO)cc(O)c3c2=O)C2=C3c4c(O)cccc4Oc4cc(C)c(OCCC(C)(C)O)c(c43)[C@H](O)[C@@H]21. The third kappa shape index (κ3) is 4.22. The van der Waals surface area contributed by atoms with Crippen LogP contribution in [0, 0.1) is 12.8 Å². The minimum absolute atomic E-state index is 0.0133. The quantitative estimate of drug-likeness (QED) is 0.147. The van der Waals surface area contributed by atoms with Crippen LogP contribution in [0.25, 0.3) is 22.1 Å². The van der Waals surface area contributed by atoms with Crippen LogP contribution < -0.4 is 14.9 Å². The first-order chi connectivity index (χ1) is 22.2. The summed E-state index contributed by atoms with van der Waals surface area (Å²) in [5, 5.41) is 66.6. The number of aryl methyl sites for hydroxylation is 1. The molecule has 3 atom stereocenters. The minimum Gasteiger partial charge on any atom is -0.507 e. The lowest BCUT2D eigenvalue weighted by Gasteiger charge is -2.40. The van der Waals surface area contributed by atoms with Crippen molar-refractivity contribution in [3.05, 3.63) is 85.8 Å². The molecule has 12 nitrogen and oxygen atoms in total. The molecule has 3 aromatic carbocycles. The van der Waals surface area contributed by atoms with Crippen molar-refractivity contribution in [2.45, 2.75) is 51.1 Å². The monoisotopic (exact) mass is 644 g/mol. The third-order valence-corrected chi connectivity index (χ3v) is 9.13. The van der Waals surface area contributed by atoms with Crippen LogP contribution in [0.15, 0.2) is 45.6 Å². The van der Waals surface area contributed by atoms with Gasteiger partial charge in [0.2, 0.25) is 11.0 Å². The Morgan fingerprint density at radius 3 is 2.51 bits per heavy atom. The largest absolute Gasteiger partial charge is 0.507 e. The number of benzene rings is 3. The lowest BCUT2D eigenvalue weighted by atomic mass is 9.69. The highest BCUT2D eigenvalue weighted by Crippen LogP contribution is 2.66. The summed E-state index contributed by atoms with van der Waals surface area (Å²) in [6.45, 7) is 4.50. The van der Waals surface area contributed by atoms with E-state index in [1.807, 2.05) is 0 Å². The van der Waals surface area contributed by atoms with E-state index in [1.165, 1.54) is 12.1 Å². The second-order valence-corrected chi connectivity index (χ2v) is 12.7. The number of hydrogen-bond donors (Lipinski definition) is 6. The molecule has 0 fully saturated rings. The molecular weight excluding hydrogens is 612 g/mol. The zero-order valence-electron chi connectivity index (χ0n) is 25.9. The number of aliphatic hydroxyl groups excluding tert-OH is 2. The summed E-state index contributed by atoms with van der Waals surface area (Å²) in [7, 11) is 1.02. The Hall–Kier alpha value is -4.88. The van der Waals surface area contributed by atoms with E-state index in [-0.39, 0.29) is 86.2 Å². The van der Waals surface area contributed by atoms with Crippen LogP contribution in [0.3, 0.4) is 0 Å². The summed E-state index contributed by atoms with van der Waals surface area (Å²) in [4.78, 5) is 28.0. The Kier molecular flexibility index (Phi) is 6.75. The van der Waals surface area contributed by atoms with Gasteiger partial charge < -0.3 is 49.3 Å². The van der Waals surface area contributed by atoms with Crippen LogP contribution in [-0.2, 0) is 21.7 Å². The van der Waals surface area contributed by atoms with Crippen LogP contribution in [0.2, 0.25) is 0 Å². The fraction of sp³-hybridized carbons (Fsp3) is 0.314. The number of esters is 1. The average Bonchev–Trinajstić information content (AvgIpc) is 3.28. The first-order valence-electron chi connectivity index (χ1n) is 14.9. The van der Waals surface area contributed by atoms with E-state index in [4.69, 9.17) is 18.6 Å². The molecule has 0 bridgehead atoms. The van der Waals surface area contributed by atoms with Gasteiger partial charge in [-0.3, -0.25) is 4.79 Å². The number of hydrogen-bond acceptors (Lipinski definition) is 12. The van der Waals surface area contributed by atoms with Gasteiger partial charge in [-0.2, -0.15) is 0 Å². The molecule has 0 unspecified atom stereocenters. The highest BCUT2D eigenvalue weighted by Gasteiger charge is 2.64. The van der Waals surface area contributed by atoms with Crippen molar-refractivity contribution in [2.75, 3.05) is 13.7 Å². The van der Waals surface area contributed by atoms with Gasteiger partial charge in [-0.15, -0.1) is 0 Å². The molecule has 3 aliphatic rings. The third-order valence-electron chi connectivity index (χ3n) is 9.13. The van der Waals surface area contributed by atoms with E-state index < -0.39 is 52.5 Å². The number of carbonyl (C=O) groups is 1. The molecule has 0 radical (unpaired) electrons. The van der Waals surface area contributed by atoms with Gasteiger partial charge in [0, 0.05) is 28.7 Å². The number of carbonyl (C=O) groups excluding carboxylic acids is 1. The molecule has 4 aromatic rings. The molecule has 7 rings (SSSR count). The van der Waals surface area contributed by atoms with Gasteiger partial charge in [-0.1, -0.05) is 6.07 Å². The van der Waals surface area contributed by atoms with Crippen LogP contribution in [0.1, 0.15) is 65.5 Å². The Labute approximate surface area is 267 Å². The zero-order valence-corrected chi connectivity index (χ0v) is 25.9. The molecule has 6 N–H and O–H groups in total. The van der Waals surface area contributed by atoms with Gasteiger partial charge in [-0.25, -0.2) is 4.79 Å². The van der Waals surface area contributed by atoms with Crippen LogP contribution in [-0.4, -0.2) is 55.9 Å². The standard InChI is InChI=1S/C35H32O12/c1-14-10-19-23-24(21-16(37)6-5-7-18(21)46-19)25-27(30(40)26(23)31(14)45-9-8-34(2,3)42)35(43,33(41)44-4)28-29(39)22-17(38)11-15(13-36)12-20(22)47-32(25)28/h5-7,10-12,27,30,36-38,40,42-43H,8-9,13H2,1-4H3/t27-,30+,35+/m1/s1. The normalized spacial score (nSPS) is 20.7. The summed E-state index contributed by atoms with van der Waals surface area (Å²) in [6, 6.07) is 8.79. The maximum atomic E-state index is 14.3. The second kappa shape index (κ2) is 10.3. The number of rotatable bonds is 6. The minimum atomic E-state index is -2.85. The number of phenolic OH excluding ortho intramolecular Hbond substituents is 2. The molecule has 2 aliphatic carbocycles. The molecule has 1 aromatic heterocycles. The van der Waals surface area contributed by atoms with Gasteiger partial charge in [0.1, 0.15) is 45.5 Å². The van der Waals surface area contributed by atoms with E-state index in [2.05, 4.69) is 0 Å². The lowest BCUT2D eigenvalue weighted by Crippen LogP contribution is -2.46. The predicted molar refractivity (Wildman–Crippen MR) is 166 cm³/mol. The van der Waals surface area contributed by atoms with Gasteiger partial charge in [-0.05, 0) is 62.2 Å². The van der Waals surface area contributed by atoms with Crippen molar-refractivity contribution >= 4 is 28.1 Å². The van der Waals surface area contributed by atoms with Crippen molar-refractivity contribution in [1.82, 2.24) is 0 Å². The molecule has 0 saturated heterocycles. The number of methoxy groups -OCH3 is 1. The van der Waals surface area contributed by atoms with Gasteiger partial charge in [0.15, 0.2) is 0 Å². The van der Waals surface area contributed by atoms with Crippen LogP contribution >= 0.6 is 0 Å². The summed E-state index contributed by atoms with van der Waals surface area (Å²) >= 11 is 0. The maximum absolute atomic E-state index is 14.3. The summed E-state index contributed by atoms with van der Waals surface area (Å²) in [6.07, 6.45) is -1.52. The molecular formula is C35H32O12. The van der Waals surface area contributed by atoms with E-state index in [9.17, 15) is 40.2 Å². The number of aromatic hydroxyl groups is 2. The van der Waals surface area contributed by atoms with Crippen LogP contribution in [0.4, 0.5) is 0 Å². The van der Waals surface area contributed by atoms with Gasteiger partial charge in [0.25, 0.3) is 0 Å². The molecule has 0 spiro atoms. The summed E-state index contributed by atoms with van der Waals surface area (Å²) in [5.41, 5.74) is -4.09. The Bertz CT molecular complexity index is 2120. The van der Waals surface area contributed by atoms with Crippen molar-refractivity contribution in [3.8, 4) is 28.7 Å². The van der Waals surface area contributed by atoms with Crippen LogP contribution in [0.5, 0.6) is 28.7 Å². The Morgan fingerprint density at radius 2 is 1.83 bits per heavy atom. The second-order valence-electron chi connectivity index (χ2n) is 12.7. The molecule has 47 heavy (non-hydrogen) atoms. The zero-order chi connectivity index (χ0) is 33.7. The van der Waals surface area contributed by atoms with E-state index >= 15 is 0 Å². The molecule has 1 aliphatic heterocycles. The molecule has 244 valence electrons. The van der Waals surface area contributed by atoms with E-state index in [0.29, 0.717) is 5.56 Å².